The summed E-state index contributed by atoms with van der Waals surface area (Å²) in [5.41, 5.74) is -1.77. The number of allylic oxidation sites excluding steroid dienone is 1. The maximum atomic E-state index is 14.7. The van der Waals surface area contributed by atoms with E-state index in [1.165, 1.54) is 4.90 Å². The van der Waals surface area contributed by atoms with Crippen LogP contribution in [0.25, 0.3) is 10.9 Å². The molecule has 3 heterocycles. The summed E-state index contributed by atoms with van der Waals surface area (Å²) in [6, 6.07) is 4.95. The van der Waals surface area contributed by atoms with Crippen molar-refractivity contribution in [2.75, 3.05) is 20.3 Å². The van der Waals surface area contributed by atoms with Crippen LogP contribution in [0.1, 0.15) is 79.6 Å². The predicted octanol–water partition coefficient (Wildman–Crippen LogP) is 4.32. The van der Waals surface area contributed by atoms with Crippen LogP contribution in [0.15, 0.2) is 42.6 Å². The molecule has 2 aromatic rings. The molecule has 55 heavy (non-hydrogen) atoms. The molecule has 7 atom stereocenters. The maximum Gasteiger partial charge on any atom is 0.408 e. The fourth-order valence-electron chi connectivity index (χ4n) is 7.66. The lowest BCUT2D eigenvalue weighted by atomic mass is 9.88. The Bertz CT molecular complexity index is 1970. The van der Waals surface area contributed by atoms with Gasteiger partial charge in [-0.1, -0.05) is 26.0 Å². The van der Waals surface area contributed by atoms with Gasteiger partial charge in [0, 0.05) is 17.7 Å². The number of carbonyl (C=O) groups excluding carboxylic acids is 4. The summed E-state index contributed by atoms with van der Waals surface area (Å²) in [5.74, 6) is -1.93. The van der Waals surface area contributed by atoms with E-state index in [9.17, 15) is 32.0 Å². The zero-order valence-electron chi connectivity index (χ0n) is 32.2. The van der Waals surface area contributed by atoms with Gasteiger partial charge in [-0.2, -0.15) is 0 Å². The molecule has 2 saturated carbocycles. The number of aromatic nitrogens is 1. The van der Waals surface area contributed by atoms with E-state index in [0.29, 0.717) is 29.9 Å². The molecule has 1 aromatic carbocycles. The molecular weight excluding hydrogens is 734 g/mol. The quantitative estimate of drug-likeness (QED) is 0.326. The first-order valence-corrected chi connectivity index (χ1v) is 20.4. The first-order chi connectivity index (χ1) is 25.9. The number of ether oxygens (including phenoxy) is 3. The second-order valence-electron chi connectivity index (χ2n) is 16.7. The standard InChI is InChI=1S/C39H52FN5O9S/c1-23-9-7-8-10-26-19-39(26,35(48)44-55(50,51)38(22-40)13-14-38)43-33(46)31-18-29(53-28-17-25-16-27(52-6)11-12-30(25)41-20-28)21-45(31)34(47)32(24(2)15-23)42-36(49)54-37(3,4)5/h8,10-12,16-17,20,23-24,26,29,31-32H,7,9,13-15,18-19,21-22H2,1-6H3,(H,42,49)(H,43,46)(H,44,48)/b10-8-/t23-,24-,26-,29-,31?,32+,39-/m1/s1. The monoisotopic (exact) mass is 785 g/mol. The van der Waals surface area contributed by atoms with Gasteiger partial charge >= 0.3 is 6.09 Å². The predicted molar refractivity (Wildman–Crippen MR) is 201 cm³/mol. The van der Waals surface area contributed by atoms with Crippen LogP contribution in [-0.4, -0.2) is 96.5 Å². The van der Waals surface area contributed by atoms with Gasteiger partial charge < -0.3 is 29.7 Å². The fraction of sp³-hybridized carbons (Fsp3) is 0.615. The van der Waals surface area contributed by atoms with Gasteiger partial charge in [-0.3, -0.25) is 24.1 Å². The van der Waals surface area contributed by atoms with E-state index in [1.807, 2.05) is 31.2 Å². The summed E-state index contributed by atoms with van der Waals surface area (Å²) in [6.07, 6.45) is 6.00. The molecule has 3 N–H and O–H groups in total. The van der Waals surface area contributed by atoms with Crippen molar-refractivity contribution in [3.63, 3.8) is 0 Å². The van der Waals surface area contributed by atoms with E-state index in [-0.39, 0.29) is 44.1 Å². The molecule has 0 radical (unpaired) electrons. The number of halogens is 1. The molecule has 0 bridgehead atoms. The molecule has 2 aliphatic heterocycles. The molecule has 3 fully saturated rings. The van der Waals surface area contributed by atoms with Crippen LogP contribution in [-0.2, 0) is 29.1 Å². The van der Waals surface area contributed by atoms with Gasteiger partial charge in [-0.15, -0.1) is 0 Å². The number of hydrogen-bond acceptors (Lipinski definition) is 10. The summed E-state index contributed by atoms with van der Waals surface area (Å²) >= 11 is 0. The minimum absolute atomic E-state index is 0.0130. The minimum atomic E-state index is -4.38. The average molecular weight is 786 g/mol. The van der Waals surface area contributed by atoms with Crippen LogP contribution in [0.5, 0.6) is 11.5 Å². The number of sulfonamides is 1. The zero-order valence-corrected chi connectivity index (χ0v) is 33.0. The smallest absolute Gasteiger partial charge is 0.408 e. The van der Waals surface area contributed by atoms with Crippen molar-refractivity contribution in [2.45, 2.75) is 114 Å². The Hall–Kier alpha value is -4.47. The first kappa shape index (κ1) is 40.2. The van der Waals surface area contributed by atoms with E-state index in [4.69, 9.17) is 14.2 Å². The molecule has 1 saturated heterocycles. The number of alkyl carbamates (subject to hydrolysis) is 1. The number of hydrogen-bond donors (Lipinski definition) is 3. The molecular formula is C39H52FN5O9S. The van der Waals surface area contributed by atoms with Gasteiger partial charge in [-0.25, -0.2) is 17.6 Å². The van der Waals surface area contributed by atoms with Crippen molar-refractivity contribution < 1.29 is 46.2 Å². The summed E-state index contributed by atoms with van der Waals surface area (Å²) in [5, 5.41) is 6.35. The minimum Gasteiger partial charge on any atom is -0.497 e. The fourth-order valence-corrected chi connectivity index (χ4v) is 9.08. The van der Waals surface area contributed by atoms with E-state index in [1.54, 1.807) is 46.2 Å². The van der Waals surface area contributed by atoms with Crippen LogP contribution in [0.4, 0.5) is 9.18 Å². The van der Waals surface area contributed by atoms with E-state index in [2.05, 4.69) is 27.3 Å². The van der Waals surface area contributed by atoms with Gasteiger partial charge in [0.15, 0.2) is 0 Å². The number of carbonyl (C=O) groups is 4. The molecule has 14 nitrogen and oxygen atoms in total. The molecule has 2 aliphatic carbocycles. The molecule has 1 aromatic heterocycles. The maximum absolute atomic E-state index is 14.7. The number of nitrogens with zero attached hydrogens (tertiary/aromatic N) is 2. The van der Waals surface area contributed by atoms with Crippen molar-refractivity contribution >= 4 is 44.7 Å². The van der Waals surface area contributed by atoms with Gasteiger partial charge in [-0.05, 0) is 95.4 Å². The lowest BCUT2D eigenvalue weighted by Crippen LogP contribution is -2.59. The van der Waals surface area contributed by atoms with Crippen LogP contribution < -0.4 is 24.8 Å². The number of benzene rings is 1. The molecule has 0 spiro atoms. The lowest BCUT2D eigenvalue weighted by molar-refractivity contribution is -0.142. The van der Waals surface area contributed by atoms with Crippen LogP contribution in [0.3, 0.4) is 0 Å². The van der Waals surface area contributed by atoms with Crippen molar-refractivity contribution in [2.24, 2.45) is 17.8 Å². The molecule has 4 aliphatic rings. The third-order valence-electron chi connectivity index (χ3n) is 11.1. The third kappa shape index (κ3) is 8.68. The Kier molecular flexibility index (Phi) is 11.1. The Morgan fingerprint density at radius 1 is 1.11 bits per heavy atom. The number of pyridine rings is 1. The second-order valence-corrected chi connectivity index (χ2v) is 18.8. The van der Waals surface area contributed by atoms with E-state index < -0.39 is 80.5 Å². The normalized spacial score (nSPS) is 30.1. The molecule has 300 valence electrons. The molecule has 6 rings (SSSR count). The highest BCUT2D eigenvalue weighted by Crippen LogP contribution is 2.48. The number of nitrogens with one attached hydrogen (secondary N) is 3. The van der Waals surface area contributed by atoms with Crippen molar-refractivity contribution in [1.29, 1.82) is 0 Å². The average Bonchev–Trinajstić information content (AvgIpc) is 4.02. The van der Waals surface area contributed by atoms with Crippen molar-refractivity contribution in [3.8, 4) is 11.5 Å². The molecule has 4 amide bonds. The van der Waals surface area contributed by atoms with Crippen LogP contribution in [0.2, 0.25) is 0 Å². The number of rotatable bonds is 8. The van der Waals surface area contributed by atoms with E-state index >= 15 is 0 Å². The first-order valence-electron chi connectivity index (χ1n) is 18.9. The Labute approximate surface area is 321 Å². The Balaban J connectivity index is 1.33. The van der Waals surface area contributed by atoms with Crippen LogP contribution in [0, 0.1) is 17.8 Å². The number of alkyl halides is 1. The van der Waals surface area contributed by atoms with Gasteiger partial charge in [0.2, 0.25) is 21.8 Å². The third-order valence-corrected chi connectivity index (χ3v) is 13.2. The highest BCUT2D eigenvalue weighted by atomic mass is 32.2. The summed E-state index contributed by atoms with van der Waals surface area (Å²) < 4.78 is 57.8. The number of amides is 4. The van der Waals surface area contributed by atoms with Gasteiger partial charge in [0.1, 0.15) is 52.2 Å². The Morgan fingerprint density at radius 2 is 1.84 bits per heavy atom. The number of fused-ring (bicyclic) bond motifs is 3. The van der Waals surface area contributed by atoms with Crippen LogP contribution >= 0.6 is 0 Å². The SMILES string of the molecule is COc1ccc2ncc(O[C@@H]3CC4C(=O)N[C@]5(C(=O)NS(=O)(=O)C6(CF)CC6)C[C@H]5/C=C\CC[C@@H](C)C[C@@H](C)[C@H](NC(=O)OC(C)(C)C)C(=O)N4C3)cc2c1. The zero-order chi connectivity index (χ0) is 39.9. The summed E-state index contributed by atoms with van der Waals surface area (Å²) in [6.45, 7) is 7.90. The van der Waals surface area contributed by atoms with Gasteiger partial charge in [0.05, 0.1) is 25.4 Å². The summed E-state index contributed by atoms with van der Waals surface area (Å²) in [4.78, 5) is 62.0. The highest BCUT2D eigenvalue weighted by molar-refractivity contribution is 7.91. The topological polar surface area (TPSA) is 182 Å². The van der Waals surface area contributed by atoms with Crippen molar-refractivity contribution in [1.82, 2.24) is 25.2 Å². The molecule has 1 unspecified atom stereocenters. The molecule has 16 heteroatoms. The second kappa shape index (κ2) is 15.2. The Morgan fingerprint density at radius 3 is 2.51 bits per heavy atom. The highest BCUT2D eigenvalue weighted by Gasteiger charge is 2.64. The van der Waals surface area contributed by atoms with Crippen molar-refractivity contribution in [3.05, 3.63) is 42.6 Å². The largest absolute Gasteiger partial charge is 0.497 e. The lowest BCUT2D eigenvalue weighted by Gasteiger charge is -2.33. The van der Waals surface area contributed by atoms with Gasteiger partial charge in [0.25, 0.3) is 5.91 Å². The van der Waals surface area contributed by atoms with E-state index in [0.717, 1.165) is 11.8 Å². The summed E-state index contributed by atoms with van der Waals surface area (Å²) in [7, 11) is -2.82. The number of methoxy groups -OCH3 is 1.